The molecule has 2 atom stereocenters. The van der Waals surface area contributed by atoms with Gasteiger partial charge in [-0.3, -0.25) is 9.59 Å². The zero-order valence-corrected chi connectivity index (χ0v) is 23.9. The van der Waals surface area contributed by atoms with Crippen molar-refractivity contribution in [3.05, 3.63) is 75.3 Å². The Morgan fingerprint density at radius 2 is 1.97 bits per heavy atom. The van der Waals surface area contributed by atoms with Crippen LogP contribution in [0.4, 0.5) is 0 Å². The predicted octanol–water partition coefficient (Wildman–Crippen LogP) is 3.46. The third-order valence-electron chi connectivity index (χ3n) is 7.80. The highest BCUT2D eigenvalue weighted by molar-refractivity contribution is 7.92. The van der Waals surface area contributed by atoms with E-state index in [9.17, 15) is 18.0 Å². The molecule has 2 unspecified atom stereocenters. The van der Waals surface area contributed by atoms with E-state index in [0.29, 0.717) is 53.1 Å². The molecule has 0 radical (unpaired) electrons. The van der Waals surface area contributed by atoms with Gasteiger partial charge in [0.05, 0.1) is 27.5 Å². The van der Waals surface area contributed by atoms with Crippen molar-refractivity contribution in [3.8, 4) is 0 Å². The van der Waals surface area contributed by atoms with Crippen molar-refractivity contribution in [2.24, 2.45) is 0 Å². The van der Waals surface area contributed by atoms with Gasteiger partial charge >= 0.3 is 0 Å². The van der Waals surface area contributed by atoms with Gasteiger partial charge in [-0.25, -0.2) is 8.42 Å². The van der Waals surface area contributed by atoms with Gasteiger partial charge in [0.25, 0.3) is 11.8 Å². The number of fused-ring (bicyclic) bond motifs is 1. The molecule has 8 nitrogen and oxygen atoms in total. The van der Waals surface area contributed by atoms with Crippen LogP contribution in [0.25, 0.3) is 6.08 Å². The predicted molar refractivity (Wildman–Crippen MR) is 154 cm³/mol. The summed E-state index contributed by atoms with van der Waals surface area (Å²) in [6.45, 7) is 7.26. The number of aromatic amines is 1. The zero-order valence-electron chi connectivity index (χ0n) is 22.3. The van der Waals surface area contributed by atoms with Crippen LogP contribution in [0.2, 0.25) is 0 Å². The summed E-state index contributed by atoms with van der Waals surface area (Å²) in [4.78, 5) is 31.5. The van der Waals surface area contributed by atoms with E-state index in [4.69, 9.17) is 11.6 Å². The number of allylic oxidation sites excluding steroid dienone is 5. The summed E-state index contributed by atoms with van der Waals surface area (Å²) in [5.41, 5.74) is 4.95. The van der Waals surface area contributed by atoms with Crippen LogP contribution in [0.1, 0.15) is 53.0 Å². The second-order valence-corrected chi connectivity index (χ2v) is 13.4. The lowest BCUT2D eigenvalue weighted by molar-refractivity contribution is -0.115. The molecule has 3 heterocycles. The quantitative estimate of drug-likeness (QED) is 0.327. The summed E-state index contributed by atoms with van der Waals surface area (Å²) in [6, 6.07) is 0. The van der Waals surface area contributed by atoms with Gasteiger partial charge in [0, 0.05) is 35.7 Å². The van der Waals surface area contributed by atoms with Crippen LogP contribution in [0, 0.1) is 13.8 Å². The molecule has 2 aliphatic carbocycles. The first-order valence-corrected chi connectivity index (χ1v) is 15.7. The second-order valence-electron chi connectivity index (χ2n) is 10.7. The Morgan fingerprint density at radius 1 is 1.21 bits per heavy atom. The lowest BCUT2D eigenvalue weighted by Crippen LogP contribution is -2.33. The standard InChI is InChI=1S/C29H35ClN4O4S/c1-18-26(32-19(2)27(18)29(36)31-10-13-34-11-3-4-12-34)16-24-23-15-22(8-9-25(23)33-28(24)35)39(37,38)17-20-6-5-7-21(30)14-20/h5-6,9,14-16,21-22,32H,3-4,7-8,10-13,17H2,1-2H3,(H,31,36)(H,33,35)/b24-16-. The van der Waals surface area contributed by atoms with E-state index in [-0.39, 0.29) is 22.9 Å². The van der Waals surface area contributed by atoms with E-state index in [2.05, 4.69) is 20.5 Å². The third-order valence-corrected chi connectivity index (χ3v) is 10.1. The molecule has 2 amide bonds. The molecule has 39 heavy (non-hydrogen) atoms. The van der Waals surface area contributed by atoms with E-state index >= 15 is 0 Å². The highest BCUT2D eigenvalue weighted by Gasteiger charge is 2.35. The first-order valence-electron chi connectivity index (χ1n) is 13.5. The Hall–Kier alpha value is -2.88. The number of carbonyl (C=O) groups excluding carboxylic acids is 2. The molecular formula is C29H35ClN4O4S. The van der Waals surface area contributed by atoms with Gasteiger partial charge in [0.2, 0.25) is 0 Å². The van der Waals surface area contributed by atoms with Crippen LogP contribution < -0.4 is 10.6 Å². The molecule has 0 saturated carbocycles. The number of rotatable bonds is 8. The van der Waals surface area contributed by atoms with E-state index in [1.54, 1.807) is 24.3 Å². The Kier molecular flexibility index (Phi) is 8.03. The van der Waals surface area contributed by atoms with Crippen LogP contribution in [-0.4, -0.2) is 72.7 Å². The number of hydrogen-bond donors (Lipinski definition) is 3. The van der Waals surface area contributed by atoms with Gasteiger partial charge in [0.1, 0.15) is 0 Å². The summed E-state index contributed by atoms with van der Waals surface area (Å²) >= 11 is 6.18. The summed E-state index contributed by atoms with van der Waals surface area (Å²) in [7, 11) is -3.53. The maximum Gasteiger partial charge on any atom is 0.256 e. The molecule has 4 aliphatic rings. The number of alkyl halides is 1. The van der Waals surface area contributed by atoms with Gasteiger partial charge in [-0.1, -0.05) is 30.4 Å². The fourth-order valence-electron chi connectivity index (χ4n) is 5.71. The van der Waals surface area contributed by atoms with Crippen molar-refractivity contribution in [1.82, 2.24) is 20.5 Å². The summed E-state index contributed by atoms with van der Waals surface area (Å²) in [5.74, 6) is -0.540. The first-order chi connectivity index (χ1) is 18.6. The van der Waals surface area contributed by atoms with Crippen LogP contribution >= 0.6 is 11.6 Å². The minimum Gasteiger partial charge on any atom is -0.358 e. The number of likely N-dealkylation sites (tertiary alicyclic amines) is 1. The van der Waals surface area contributed by atoms with Crippen molar-refractivity contribution in [2.45, 2.75) is 50.2 Å². The lowest BCUT2D eigenvalue weighted by Gasteiger charge is -2.19. The molecule has 3 N–H and O–H groups in total. The Balaban J connectivity index is 1.35. The molecular weight excluding hydrogens is 536 g/mol. The van der Waals surface area contributed by atoms with Gasteiger partial charge in [0.15, 0.2) is 9.84 Å². The summed E-state index contributed by atoms with van der Waals surface area (Å²) < 4.78 is 26.5. The molecule has 2 saturated heterocycles. The van der Waals surface area contributed by atoms with Crippen LogP contribution in [0.3, 0.4) is 0 Å². The van der Waals surface area contributed by atoms with E-state index in [1.807, 2.05) is 26.0 Å². The number of halogens is 1. The number of amides is 2. The van der Waals surface area contributed by atoms with Crippen molar-refractivity contribution >= 4 is 39.3 Å². The fraction of sp³-hybridized carbons (Fsp3) is 0.448. The average Bonchev–Trinajstić information content (AvgIpc) is 3.57. The largest absolute Gasteiger partial charge is 0.358 e. The molecule has 10 heteroatoms. The second kappa shape index (κ2) is 11.3. The van der Waals surface area contributed by atoms with E-state index in [1.165, 1.54) is 12.8 Å². The smallest absolute Gasteiger partial charge is 0.256 e. The van der Waals surface area contributed by atoms with Gasteiger partial charge in [-0.2, -0.15) is 0 Å². The SMILES string of the molecule is Cc1[nH]c(/C=C2\C(=O)NC3=CCC(S(=O)(=O)CC4=CC(Cl)CC=C4)C=C32)c(C)c1C(=O)NCCN1CCCC1. The first kappa shape index (κ1) is 27.7. The van der Waals surface area contributed by atoms with Crippen molar-refractivity contribution in [2.75, 3.05) is 31.9 Å². The number of nitrogens with zero attached hydrogens (tertiary/aromatic N) is 1. The maximum atomic E-state index is 13.3. The Labute approximate surface area is 234 Å². The minimum absolute atomic E-state index is 0.101. The summed E-state index contributed by atoms with van der Waals surface area (Å²) in [6.07, 6.45) is 14.1. The highest BCUT2D eigenvalue weighted by Crippen LogP contribution is 2.34. The number of nitrogens with one attached hydrogen (secondary N) is 3. The Bertz CT molecular complexity index is 1440. The fourth-order valence-corrected chi connectivity index (χ4v) is 7.58. The third kappa shape index (κ3) is 6.00. The molecule has 0 aromatic carbocycles. The zero-order chi connectivity index (χ0) is 27.7. The molecule has 1 aromatic rings. The summed E-state index contributed by atoms with van der Waals surface area (Å²) in [5, 5.41) is 4.93. The van der Waals surface area contributed by atoms with Crippen LogP contribution in [0.15, 0.2) is 52.8 Å². The highest BCUT2D eigenvalue weighted by atomic mass is 35.5. The van der Waals surface area contributed by atoms with Crippen molar-refractivity contribution in [1.29, 1.82) is 0 Å². The number of carbonyl (C=O) groups is 2. The number of sulfone groups is 1. The molecule has 1 aromatic heterocycles. The normalized spacial score (nSPS) is 24.3. The monoisotopic (exact) mass is 570 g/mol. The average molecular weight is 571 g/mol. The number of aryl methyl sites for hydroxylation is 1. The maximum absolute atomic E-state index is 13.3. The number of H-pyrrole nitrogens is 1. The van der Waals surface area contributed by atoms with Crippen LogP contribution in [0.5, 0.6) is 0 Å². The van der Waals surface area contributed by atoms with Gasteiger partial charge in [-0.05, 0) is 69.8 Å². The van der Waals surface area contributed by atoms with Gasteiger partial charge in [-0.15, -0.1) is 11.6 Å². The lowest BCUT2D eigenvalue weighted by atomic mass is 9.98. The van der Waals surface area contributed by atoms with Crippen LogP contribution in [-0.2, 0) is 14.6 Å². The molecule has 208 valence electrons. The number of hydrogen-bond acceptors (Lipinski definition) is 5. The van der Waals surface area contributed by atoms with Crippen molar-refractivity contribution < 1.29 is 18.0 Å². The van der Waals surface area contributed by atoms with Gasteiger partial charge < -0.3 is 20.5 Å². The van der Waals surface area contributed by atoms with E-state index < -0.39 is 15.1 Å². The Morgan fingerprint density at radius 3 is 2.72 bits per heavy atom. The molecule has 5 rings (SSSR count). The van der Waals surface area contributed by atoms with Crippen molar-refractivity contribution in [3.63, 3.8) is 0 Å². The topological polar surface area (TPSA) is 111 Å². The molecule has 0 bridgehead atoms. The minimum atomic E-state index is -3.53. The molecule has 2 aliphatic heterocycles. The molecule has 2 fully saturated rings. The molecule has 0 spiro atoms. The number of aromatic nitrogens is 1. The van der Waals surface area contributed by atoms with E-state index in [0.717, 1.165) is 30.9 Å².